The maximum atomic E-state index is 8.70. The fourth-order valence-corrected chi connectivity index (χ4v) is 8.65. The molecule has 9 rings (SSSR count). The number of furan rings is 1. The van der Waals surface area contributed by atoms with Gasteiger partial charge in [-0.05, 0) is 122 Å². The van der Waals surface area contributed by atoms with Crippen molar-refractivity contribution in [1.82, 2.24) is 14.5 Å². The Bertz CT molecular complexity index is 3150. The summed E-state index contributed by atoms with van der Waals surface area (Å²) in [6.07, 6.45) is 1.79. The number of rotatable bonds is 7. The van der Waals surface area contributed by atoms with Gasteiger partial charge in [0.1, 0.15) is 17.0 Å². The standard InChI is InChI=1S/C57H57N3O/c1-34(2)45-29-40(39-24-22-38(23-25-39)37-17-13-12-14-18-37)30-46(35(3)4)53(45)60-50-20-16-15-19-48(50)59-55(60)44-26-21-36(5)52-47-33-58-49(32-51(47)61-54(44)52)41-27-42(56(6,7)8)31-43(28-41)57(9,10)11/h12-35H,1-11H3/i5D3. The topological polar surface area (TPSA) is 43.9 Å². The molecule has 0 saturated carbocycles. The maximum Gasteiger partial charge on any atom is 0.149 e. The molecule has 3 heterocycles. The molecule has 4 heteroatoms. The highest BCUT2D eigenvalue weighted by atomic mass is 16.3. The molecule has 0 N–H and O–H groups in total. The van der Waals surface area contributed by atoms with E-state index in [-0.39, 0.29) is 28.2 Å². The van der Waals surface area contributed by atoms with E-state index in [4.69, 9.17) is 18.5 Å². The lowest BCUT2D eigenvalue weighted by atomic mass is 9.79. The van der Waals surface area contributed by atoms with Crippen molar-refractivity contribution in [3.8, 4) is 50.6 Å². The molecule has 0 aliphatic rings. The van der Waals surface area contributed by atoms with Crippen molar-refractivity contribution >= 4 is 33.0 Å². The van der Waals surface area contributed by atoms with Crippen LogP contribution in [0.25, 0.3) is 83.6 Å². The minimum atomic E-state index is -2.40. The van der Waals surface area contributed by atoms with Gasteiger partial charge in [-0.2, -0.15) is 0 Å². The first-order valence-corrected chi connectivity index (χ1v) is 21.6. The number of pyridine rings is 1. The lowest BCUT2D eigenvalue weighted by Crippen LogP contribution is -2.16. The van der Waals surface area contributed by atoms with E-state index in [9.17, 15) is 0 Å². The number of fused-ring (bicyclic) bond motifs is 4. The van der Waals surface area contributed by atoms with Gasteiger partial charge in [-0.15, -0.1) is 0 Å². The molecule has 3 aromatic heterocycles. The molecule has 0 saturated heterocycles. The van der Waals surface area contributed by atoms with Crippen LogP contribution in [0.2, 0.25) is 0 Å². The van der Waals surface area contributed by atoms with Crippen LogP contribution in [0, 0.1) is 6.85 Å². The van der Waals surface area contributed by atoms with Crippen molar-refractivity contribution in [1.29, 1.82) is 0 Å². The quantitative estimate of drug-likeness (QED) is 0.161. The van der Waals surface area contributed by atoms with Gasteiger partial charge in [0, 0.05) is 32.7 Å². The smallest absolute Gasteiger partial charge is 0.149 e. The second-order valence-corrected chi connectivity index (χ2v) is 19.3. The molecule has 61 heavy (non-hydrogen) atoms. The molecule has 0 radical (unpaired) electrons. The van der Waals surface area contributed by atoms with Crippen LogP contribution in [0.1, 0.15) is 113 Å². The minimum Gasteiger partial charge on any atom is -0.455 e. The molecule has 9 aromatic rings. The first kappa shape index (κ1) is 36.6. The zero-order valence-electron chi connectivity index (χ0n) is 40.1. The second-order valence-electron chi connectivity index (χ2n) is 19.3. The van der Waals surface area contributed by atoms with E-state index in [0.29, 0.717) is 33.3 Å². The van der Waals surface area contributed by atoms with Crippen LogP contribution in [0.3, 0.4) is 0 Å². The zero-order chi connectivity index (χ0) is 45.5. The number of hydrogen-bond acceptors (Lipinski definition) is 3. The summed E-state index contributed by atoms with van der Waals surface area (Å²) in [7, 11) is 0. The van der Waals surface area contributed by atoms with Crippen LogP contribution in [-0.4, -0.2) is 14.5 Å². The van der Waals surface area contributed by atoms with Gasteiger partial charge in [-0.1, -0.05) is 148 Å². The first-order valence-electron chi connectivity index (χ1n) is 23.1. The van der Waals surface area contributed by atoms with E-state index in [1.54, 1.807) is 12.3 Å². The van der Waals surface area contributed by atoms with Crippen LogP contribution < -0.4 is 0 Å². The Labute approximate surface area is 365 Å². The number of hydrogen-bond donors (Lipinski definition) is 0. The molecule has 0 bridgehead atoms. The number of nitrogens with zero attached hydrogens (tertiary/aromatic N) is 3. The molecule has 0 spiro atoms. The normalized spacial score (nSPS) is 13.4. The van der Waals surface area contributed by atoms with E-state index < -0.39 is 6.85 Å². The average Bonchev–Trinajstić information content (AvgIpc) is 3.83. The van der Waals surface area contributed by atoms with E-state index in [1.165, 1.54) is 33.4 Å². The summed E-state index contributed by atoms with van der Waals surface area (Å²) < 4.78 is 35.3. The highest BCUT2D eigenvalue weighted by Gasteiger charge is 2.27. The molecule has 0 aliphatic carbocycles. The molecule has 4 nitrogen and oxygen atoms in total. The Morgan fingerprint density at radius 2 is 1.20 bits per heavy atom. The third-order valence-electron chi connectivity index (χ3n) is 12.2. The lowest BCUT2D eigenvalue weighted by molar-refractivity contribution is 0.569. The lowest BCUT2D eigenvalue weighted by Gasteiger charge is -2.26. The number of benzene rings is 6. The van der Waals surface area contributed by atoms with Gasteiger partial charge < -0.3 is 4.42 Å². The number of imidazole rings is 1. The Kier molecular flexibility index (Phi) is 9.01. The number of aromatic nitrogens is 3. The second kappa shape index (κ2) is 15.0. The zero-order valence-corrected chi connectivity index (χ0v) is 37.1. The van der Waals surface area contributed by atoms with Crippen molar-refractivity contribution in [3.63, 3.8) is 0 Å². The molecule has 0 amide bonds. The summed E-state index contributed by atoms with van der Waals surface area (Å²) in [5, 5.41) is 1.19. The fourth-order valence-electron chi connectivity index (χ4n) is 8.65. The van der Waals surface area contributed by atoms with Crippen LogP contribution in [0.15, 0.2) is 138 Å². The van der Waals surface area contributed by atoms with Crippen LogP contribution >= 0.6 is 0 Å². The molecule has 0 fully saturated rings. The highest BCUT2D eigenvalue weighted by Crippen LogP contribution is 2.44. The van der Waals surface area contributed by atoms with E-state index in [2.05, 4.69) is 165 Å². The fraction of sp³-hybridized carbons (Fsp3) is 0.263. The van der Waals surface area contributed by atoms with Crippen molar-refractivity contribution in [2.24, 2.45) is 0 Å². The van der Waals surface area contributed by atoms with Crippen molar-refractivity contribution in [3.05, 3.63) is 161 Å². The summed E-state index contributed by atoms with van der Waals surface area (Å²) in [6.45, 7) is 20.0. The maximum absolute atomic E-state index is 8.70. The molecular formula is C57H57N3O. The van der Waals surface area contributed by atoms with Gasteiger partial charge in [0.25, 0.3) is 0 Å². The van der Waals surface area contributed by atoms with Crippen LogP contribution in [0.4, 0.5) is 0 Å². The van der Waals surface area contributed by atoms with E-state index in [0.717, 1.165) is 39.1 Å². The van der Waals surface area contributed by atoms with Crippen molar-refractivity contribution in [2.45, 2.75) is 98.8 Å². The largest absolute Gasteiger partial charge is 0.455 e. The van der Waals surface area contributed by atoms with E-state index >= 15 is 0 Å². The molecule has 306 valence electrons. The van der Waals surface area contributed by atoms with Gasteiger partial charge in [0.15, 0.2) is 0 Å². The Balaban J connectivity index is 1.28. The molecule has 0 atom stereocenters. The van der Waals surface area contributed by atoms with Crippen LogP contribution in [-0.2, 0) is 10.8 Å². The van der Waals surface area contributed by atoms with Gasteiger partial charge in [0.05, 0.1) is 28.0 Å². The van der Waals surface area contributed by atoms with Gasteiger partial charge in [-0.25, -0.2) is 4.98 Å². The first-order chi connectivity index (χ1) is 30.3. The number of aryl methyl sites for hydroxylation is 1. The summed E-state index contributed by atoms with van der Waals surface area (Å²) >= 11 is 0. The predicted octanol–water partition coefficient (Wildman–Crippen LogP) is 16.1. The SMILES string of the molecule is [2H]C([2H])([2H])c1ccc(-c2nc3ccccc3n2-c2c(C(C)C)cc(-c3ccc(-c4ccccc4)cc3)cc2C(C)C)c2oc3cc(-c4cc(C(C)(C)C)cc(C(C)(C)C)c4)ncc3c12. The Morgan fingerprint density at radius 3 is 1.80 bits per heavy atom. The summed E-state index contributed by atoms with van der Waals surface area (Å²) in [4.78, 5) is 10.4. The summed E-state index contributed by atoms with van der Waals surface area (Å²) in [5.74, 6) is 1.01. The third-order valence-corrected chi connectivity index (χ3v) is 12.2. The molecule has 6 aromatic carbocycles. The van der Waals surface area contributed by atoms with Gasteiger partial charge >= 0.3 is 0 Å². The molecule has 0 unspecified atom stereocenters. The monoisotopic (exact) mass is 802 g/mol. The summed E-state index contributed by atoms with van der Waals surface area (Å²) in [5.41, 5.74) is 16.0. The van der Waals surface area contributed by atoms with E-state index in [1.807, 2.05) is 30.3 Å². The van der Waals surface area contributed by atoms with Crippen molar-refractivity contribution in [2.75, 3.05) is 0 Å². The summed E-state index contributed by atoms with van der Waals surface area (Å²) in [6, 6.07) is 44.6. The predicted molar refractivity (Wildman–Crippen MR) is 258 cm³/mol. The Morgan fingerprint density at radius 1 is 0.607 bits per heavy atom. The van der Waals surface area contributed by atoms with Crippen LogP contribution in [0.5, 0.6) is 0 Å². The molecular weight excluding hydrogens is 743 g/mol. The number of para-hydroxylation sites is 2. The van der Waals surface area contributed by atoms with Crippen molar-refractivity contribution < 1.29 is 8.53 Å². The highest BCUT2D eigenvalue weighted by molar-refractivity contribution is 6.11. The molecule has 0 aliphatic heterocycles. The third kappa shape index (κ3) is 7.26. The van der Waals surface area contributed by atoms with Gasteiger partial charge in [-0.3, -0.25) is 9.55 Å². The Hall–Kier alpha value is -6.26. The van der Waals surface area contributed by atoms with Gasteiger partial charge in [0.2, 0.25) is 0 Å². The minimum absolute atomic E-state index is 0.0756. The average molecular weight is 803 g/mol.